The number of anilines is 1. The number of ether oxygens (including phenoxy) is 1. The Morgan fingerprint density at radius 3 is 2.52 bits per heavy atom. The van der Waals surface area contributed by atoms with Crippen molar-refractivity contribution in [1.29, 1.82) is 0 Å². The van der Waals surface area contributed by atoms with Crippen molar-refractivity contribution in [2.24, 2.45) is 0 Å². The Bertz CT molecular complexity index is 844. The highest BCUT2D eigenvalue weighted by molar-refractivity contribution is 5.95. The van der Waals surface area contributed by atoms with Crippen molar-refractivity contribution in [3.63, 3.8) is 0 Å². The van der Waals surface area contributed by atoms with E-state index in [0.717, 1.165) is 39.8 Å². The fraction of sp³-hybridized carbons (Fsp3) is 0.211. The lowest BCUT2D eigenvalue weighted by Gasteiger charge is -2.13. The monoisotopic (exact) mass is 310 g/mol. The third-order valence-corrected chi connectivity index (χ3v) is 4.00. The van der Waals surface area contributed by atoms with Gasteiger partial charge in [0.2, 0.25) is 0 Å². The van der Waals surface area contributed by atoms with Gasteiger partial charge >= 0.3 is 0 Å². The molecule has 0 spiro atoms. The van der Waals surface area contributed by atoms with Crippen LogP contribution in [0, 0.1) is 5.82 Å². The van der Waals surface area contributed by atoms with E-state index in [9.17, 15) is 4.39 Å². The summed E-state index contributed by atoms with van der Waals surface area (Å²) in [5, 5.41) is 0.888. The first-order valence-electron chi connectivity index (χ1n) is 7.60. The normalized spacial score (nSPS) is 10.9. The maximum Gasteiger partial charge on any atom is 0.148 e. The number of nitrogens with two attached hydrogens (primary N) is 1. The Balaban J connectivity index is 2.05. The van der Waals surface area contributed by atoms with Crippen LogP contribution in [0.5, 0.6) is 5.75 Å². The number of nitrogens with zero attached hydrogens (tertiary/aromatic N) is 1. The standard InChI is InChI=1S/C19H19FN2O/c1-3-14-10-17(21)16-9-13(11-22-18(16)19(14)23-2)8-12-4-6-15(20)7-5-12/h4-7,9-11H,3,8,21H2,1-2H3. The van der Waals surface area contributed by atoms with Crippen LogP contribution >= 0.6 is 0 Å². The van der Waals surface area contributed by atoms with Crippen molar-refractivity contribution in [1.82, 2.24) is 4.98 Å². The van der Waals surface area contributed by atoms with E-state index in [0.29, 0.717) is 12.1 Å². The molecule has 3 nitrogen and oxygen atoms in total. The van der Waals surface area contributed by atoms with Crippen LogP contribution in [0.1, 0.15) is 23.6 Å². The second kappa shape index (κ2) is 6.24. The van der Waals surface area contributed by atoms with Gasteiger partial charge in [-0.1, -0.05) is 19.1 Å². The Kier molecular flexibility index (Phi) is 4.15. The lowest BCUT2D eigenvalue weighted by molar-refractivity contribution is 0.414. The molecule has 23 heavy (non-hydrogen) atoms. The SMILES string of the molecule is CCc1cc(N)c2cc(Cc3ccc(F)cc3)cnc2c1OC. The molecule has 0 saturated carbocycles. The quantitative estimate of drug-likeness (QED) is 0.737. The van der Waals surface area contributed by atoms with Crippen molar-refractivity contribution < 1.29 is 9.13 Å². The van der Waals surface area contributed by atoms with Gasteiger partial charge in [0, 0.05) is 17.3 Å². The number of aryl methyl sites for hydroxylation is 1. The molecule has 0 aliphatic carbocycles. The predicted octanol–water partition coefficient (Wildman–Crippen LogP) is 4.12. The van der Waals surface area contributed by atoms with Crippen LogP contribution < -0.4 is 10.5 Å². The molecule has 0 fully saturated rings. The molecule has 3 aromatic rings. The van der Waals surface area contributed by atoms with Gasteiger partial charge in [0.1, 0.15) is 17.1 Å². The van der Waals surface area contributed by atoms with Crippen LogP contribution in [0.25, 0.3) is 10.9 Å². The molecule has 0 unspecified atom stereocenters. The minimum absolute atomic E-state index is 0.230. The van der Waals surface area contributed by atoms with Crippen LogP contribution in [0.2, 0.25) is 0 Å². The predicted molar refractivity (Wildman–Crippen MR) is 91.3 cm³/mol. The maximum absolute atomic E-state index is 13.0. The second-order valence-corrected chi connectivity index (χ2v) is 5.55. The molecule has 4 heteroatoms. The van der Waals surface area contributed by atoms with E-state index < -0.39 is 0 Å². The zero-order valence-electron chi connectivity index (χ0n) is 13.3. The minimum Gasteiger partial charge on any atom is -0.494 e. The summed E-state index contributed by atoms with van der Waals surface area (Å²) in [6, 6.07) is 10.5. The zero-order chi connectivity index (χ0) is 16.4. The number of pyridine rings is 1. The highest BCUT2D eigenvalue weighted by Gasteiger charge is 2.12. The first-order chi connectivity index (χ1) is 11.1. The summed E-state index contributed by atoms with van der Waals surface area (Å²) in [6.45, 7) is 2.06. The molecule has 0 aliphatic rings. The minimum atomic E-state index is -0.230. The van der Waals surface area contributed by atoms with E-state index in [4.69, 9.17) is 10.5 Å². The molecular weight excluding hydrogens is 291 g/mol. The first-order valence-corrected chi connectivity index (χ1v) is 7.60. The molecule has 118 valence electrons. The van der Waals surface area contributed by atoms with Gasteiger partial charge in [-0.15, -0.1) is 0 Å². The highest BCUT2D eigenvalue weighted by atomic mass is 19.1. The largest absolute Gasteiger partial charge is 0.494 e. The van der Waals surface area contributed by atoms with Crippen LogP contribution in [-0.2, 0) is 12.8 Å². The van der Waals surface area contributed by atoms with Gasteiger partial charge in [0.15, 0.2) is 0 Å². The molecule has 3 rings (SSSR count). The van der Waals surface area contributed by atoms with Crippen LogP contribution in [0.4, 0.5) is 10.1 Å². The summed E-state index contributed by atoms with van der Waals surface area (Å²) < 4.78 is 18.5. The van der Waals surface area contributed by atoms with E-state index in [2.05, 4.69) is 11.9 Å². The van der Waals surface area contributed by atoms with Gasteiger partial charge in [0.25, 0.3) is 0 Å². The third kappa shape index (κ3) is 2.97. The summed E-state index contributed by atoms with van der Waals surface area (Å²) in [7, 11) is 1.65. The van der Waals surface area contributed by atoms with Gasteiger partial charge < -0.3 is 10.5 Å². The number of methoxy groups -OCH3 is 1. The molecule has 0 saturated heterocycles. The lowest BCUT2D eigenvalue weighted by Crippen LogP contribution is -1.99. The summed E-state index contributed by atoms with van der Waals surface area (Å²) in [5.41, 5.74) is 10.8. The Morgan fingerprint density at radius 2 is 1.87 bits per heavy atom. The van der Waals surface area contributed by atoms with Gasteiger partial charge in [-0.2, -0.15) is 0 Å². The molecule has 1 heterocycles. The number of halogens is 1. The van der Waals surface area contributed by atoms with Crippen LogP contribution in [-0.4, -0.2) is 12.1 Å². The lowest BCUT2D eigenvalue weighted by atomic mass is 10.0. The van der Waals surface area contributed by atoms with E-state index in [1.165, 1.54) is 12.1 Å². The summed E-state index contributed by atoms with van der Waals surface area (Å²) in [4.78, 5) is 4.56. The summed E-state index contributed by atoms with van der Waals surface area (Å²) in [5.74, 6) is 0.552. The number of hydrogen-bond donors (Lipinski definition) is 1. The van der Waals surface area contributed by atoms with E-state index in [-0.39, 0.29) is 5.82 Å². The third-order valence-electron chi connectivity index (χ3n) is 4.00. The second-order valence-electron chi connectivity index (χ2n) is 5.55. The maximum atomic E-state index is 13.0. The Hall–Kier alpha value is -2.62. The van der Waals surface area contributed by atoms with E-state index in [1.807, 2.05) is 18.3 Å². The van der Waals surface area contributed by atoms with Gasteiger partial charge in [-0.3, -0.25) is 4.98 Å². The molecule has 2 N–H and O–H groups in total. The summed E-state index contributed by atoms with van der Waals surface area (Å²) >= 11 is 0. The molecule has 2 aromatic carbocycles. The van der Waals surface area contributed by atoms with Crippen molar-refractivity contribution in [3.05, 3.63) is 65.1 Å². The van der Waals surface area contributed by atoms with Crippen molar-refractivity contribution >= 4 is 16.6 Å². The van der Waals surface area contributed by atoms with E-state index in [1.54, 1.807) is 19.2 Å². The molecule has 1 aromatic heterocycles. The van der Waals surface area contributed by atoms with Crippen molar-refractivity contribution in [2.75, 3.05) is 12.8 Å². The van der Waals surface area contributed by atoms with Gasteiger partial charge in [-0.25, -0.2) is 4.39 Å². The Morgan fingerprint density at radius 1 is 1.13 bits per heavy atom. The number of nitrogen functional groups attached to an aromatic ring is 1. The first kappa shape index (κ1) is 15.3. The summed E-state index contributed by atoms with van der Waals surface area (Å²) in [6.07, 6.45) is 3.34. The zero-order valence-corrected chi connectivity index (χ0v) is 13.3. The number of hydrogen-bond acceptors (Lipinski definition) is 3. The molecular formula is C19H19FN2O. The fourth-order valence-corrected chi connectivity index (χ4v) is 2.82. The van der Waals surface area contributed by atoms with E-state index >= 15 is 0 Å². The number of fused-ring (bicyclic) bond motifs is 1. The van der Waals surface area contributed by atoms with Crippen LogP contribution in [0.3, 0.4) is 0 Å². The number of benzene rings is 2. The topological polar surface area (TPSA) is 48.1 Å². The van der Waals surface area contributed by atoms with Gasteiger partial charge in [0.05, 0.1) is 7.11 Å². The van der Waals surface area contributed by atoms with Gasteiger partial charge in [-0.05, 0) is 53.8 Å². The molecule has 0 bridgehead atoms. The average molecular weight is 310 g/mol. The highest BCUT2D eigenvalue weighted by Crippen LogP contribution is 2.33. The molecule has 0 radical (unpaired) electrons. The molecule has 0 amide bonds. The van der Waals surface area contributed by atoms with Crippen LogP contribution in [0.15, 0.2) is 42.6 Å². The number of rotatable bonds is 4. The van der Waals surface area contributed by atoms with Crippen molar-refractivity contribution in [2.45, 2.75) is 19.8 Å². The Labute approximate surface area is 134 Å². The fourth-order valence-electron chi connectivity index (χ4n) is 2.82. The molecule has 0 aliphatic heterocycles. The average Bonchev–Trinajstić information content (AvgIpc) is 2.57. The smallest absolute Gasteiger partial charge is 0.148 e. The van der Waals surface area contributed by atoms with Crippen molar-refractivity contribution in [3.8, 4) is 5.75 Å². The molecule has 0 atom stereocenters. The number of aromatic nitrogens is 1.